The SMILES string of the molecule is CCOC(=O)C(Cc1ccc(C(=O)C(C)=O)cc1)(C(=O)OCC)N(C)C=O. The van der Waals surface area contributed by atoms with Crippen molar-refractivity contribution in [3.05, 3.63) is 35.4 Å². The van der Waals surface area contributed by atoms with Gasteiger partial charge >= 0.3 is 11.9 Å². The molecule has 1 aromatic rings. The van der Waals surface area contributed by atoms with E-state index >= 15 is 0 Å². The fourth-order valence-corrected chi connectivity index (χ4v) is 2.50. The van der Waals surface area contributed by atoms with E-state index < -0.39 is 29.0 Å². The van der Waals surface area contributed by atoms with Gasteiger partial charge in [-0.3, -0.25) is 14.4 Å². The lowest BCUT2D eigenvalue weighted by atomic mass is 9.88. The van der Waals surface area contributed by atoms with E-state index in [9.17, 15) is 24.0 Å². The second-order valence-electron chi connectivity index (χ2n) is 5.78. The van der Waals surface area contributed by atoms with Gasteiger partial charge in [0, 0.05) is 26.0 Å². The number of carbonyl (C=O) groups is 5. The van der Waals surface area contributed by atoms with Gasteiger partial charge in [-0.2, -0.15) is 0 Å². The number of hydrogen-bond acceptors (Lipinski definition) is 7. The van der Waals surface area contributed by atoms with Gasteiger partial charge < -0.3 is 14.4 Å². The number of ether oxygens (including phenoxy) is 2. The largest absolute Gasteiger partial charge is 0.464 e. The number of hydrogen-bond donors (Lipinski definition) is 0. The molecule has 0 aliphatic heterocycles. The molecule has 0 radical (unpaired) electrons. The van der Waals surface area contributed by atoms with Crippen molar-refractivity contribution in [2.24, 2.45) is 0 Å². The predicted octanol–water partition coefficient (Wildman–Crippen LogP) is 0.954. The lowest BCUT2D eigenvalue weighted by Gasteiger charge is -2.35. The molecule has 27 heavy (non-hydrogen) atoms. The summed E-state index contributed by atoms with van der Waals surface area (Å²) in [5.41, 5.74) is -1.34. The molecule has 0 aliphatic carbocycles. The summed E-state index contributed by atoms with van der Waals surface area (Å²) in [6.07, 6.45) is 0.135. The minimum absolute atomic E-state index is 0.0126. The standard InChI is InChI=1S/C19H23NO7/c1-5-26-17(24)19(20(4)12-21,18(25)27-6-2)11-14-7-9-15(10-8-14)16(23)13(3)22/h7-10,12H,5-6,11H2,1-4H3. The zero-order valence-electron chi connectivity index (χ0n) is 15.8. The lowest BCUT2D eigenvalue weighted by Crippen LogP contribution is -2.61. The van der Waals surface area contributed by atoms with Crippen LogP contribution in [0.25, 0.3) is 0 Å². The topological polar surface area (TPSA) is 107 Å². The molecular formula is C19H23NO7. The molecule has 0 heterocycles. The Bertz CT molecular complexity index is 706. The third-order valence-electron chi connectivity index (χ3n) is 3.98. The Labute approximate surface area is 157 Å². The molecule has 8 nitrogen and oxygen atoms in total. The molecule has 8 heteroatoms. The Morgan fingerprint density at radius 3 is 1.85 bits per heavy atom. The van der Waals surface area contributed by atoms with E-state index in [2.05, 4.69) is 0 Å². The quantitative estimate of drug-likeness (QED) is 0.196. The number of esters is 2. The van der Waals surface area contributed by atoms with E-state index in [1.54, 1.807) is 13.8 Å². The Morgan fingerprint density at radius 2 is 1.48 bits per heavy atom. The van der Waals surface area contributed by atoms with Crippen LogP contribution in [-0.2, 0) is 35.1 Å². The molecular weight excluding hydrogens is 354 g/mol. The Balaban J connectivity index is 3.36. The zero-order valence-corrected chi connectivity index (χ0v) is 15.8. The first-order chi connectivity index (χ1) is 12.7. The monoisotopic (exact) mass is 377 g/mol. The lowest BCUT2D eigenvalue weighted by molar-refractivity contribution is -0.175. The van der Waals surface area contributed by atoms with Crippen LogP contribution in [0, 0.1) is 0 Å². The second-order valence-corrected chi connectivity index (χ2v) is 5.78. The van der Waals surface area contributed by atoms with E-state index in [0.717, 1.165) is 4.90 Å². The number of rotatable bonds is 10. The number of likely N-dealkylation sites (N-methyl/N-ethyl adjacent to an activating group) is 1. The van der Waals surface area contributed by atoms with Gasteiger partial charge in [0.25, 0.3) is 0 Å². The molecule has 0 unspecified atom stereocenters. The number of Topliss-reactive ketones (excluding diaryl/α,β-unsaturated/α-hetero) is 2. The Kier molecular flexibility index (Phi) is 7.83. The highest BCUT2D eigenvalue weighted by Gasteiger charge is 2.52. The van der Waals surface area contributed by atoms with Gasteiger partial charge in [0.2, 0.25) is 17.7 Å². The maximum absolute atomic E-state index is 12.6. The number of ketones is 2. The summed E-state index contributed by atoms with van der Waals surface area (Å²) >= 11 is 0. The maximum Gasteiger partial charge on any atom is 0.344 e. The average molecular weight is 377 g/mol. The van der Waals surface area contributed by atoms with Crippen molar-refractivity contribution >= 4 is 29.9 Å². The molecule has 0 atom stereocenters. The summed E-state index contributed by atoms with van der Waals surface area (Å²) in [6, 6.07) is 5.84. The van der Waals surface area contributed by atoms with Crippen molar-refractivity contribution in [2.45, 2.75) is 32.7 Å². The number of benzene rings is 1. The van der Waals surface area contributed by atoms with Crippen LogP contribution >= 0.6 is 0 Å². The highest BCUT2D eigenvalue weighted by molar-refractivity contribution is 6.42. The summed E-state index contributed by atoms with van der Waals surface area (Å²) < 4.78 is 10.0. The fraction of sp³-hybridized carbons (Fsp3) is 0.421. The Hall–Kier alpha value is -3.03. The molecule has 1 amide bonds. The summed E-state index contributed by atoms with van der Waals surface area (Å²) in [7, 11) is 1.29. The molecule has 0 fully saturated rings. The van der Waals surface area contributed by atoms with Crippen molar-refractivity contribution in [2.75, 3.05) is 20.3 Å². The van der Waals surface area contributed by atoms with Gasteiger partial charge in [0.1, 0.15) is 0 Å². The summed E-state index contributed by atoms with van der Waals surface area (Å²) in [4.78, 5) is 60.5. The van der Waals surface area contributed by atoms with Crippen molar-refractivity contribution in [1.82, 2.24) is 4.90 Å². The van der Waals surface area contributed by atoms with Crippen molar-refractivity contribution in [1.29, 1.82) is 0 Å². The smallest absolute Gasteiger partial charge is 0.344 e. The molecule has 0 saturated carbocycles. The summed E-state index contributed by atoms with van der Waals surface area (Å²) in [5.74, 6) is -3.08. The first-order valence-electron chi connectivity index (χ1n) is 8.41. The van der Waals surface area contributed by atoms with Crippen LogP contribution in [-0.4, -0.2) is 60.6 Å². The minimum Gasteiger partial charge on any atom is -0.464 e. The molecule has 1 rings (SSSR count). The number of nitrogens with zero attached hydrogens (tertiary/aromatic N) is 1. The van der Waals surface area contributed by atoms with Crippen molar-refractivity contribution in [3.63, 3.8) is 0 Å². The molecule has 146 valence electrons. The first kappa shape index (κ1) is 22.0. The van der Waals surface area contributed by atoms with E-state index in [-0.39, 0.29) is 25.2 Å². The predicted molar refractivity (Wildman–Crippen MR) is 95.0 cm³/mol. The third kappa shape index (κ3) is 4.78. The van der Waals surface area contributed by atoms with Crippen LogP contribution in [0.2, 0.25) is 0 Å². The van der Waals surface area contributed by atoms with E-state index in [0.29, 0.717) is 12.0 Å². The number of carbonyl (C=O) groups excluding carboxylic acids is 5. The zero-order chi connectivity index (χ0) is 20.6. The van der Waals surface area contributed by atoms with E-state index in [1.165, 1.54) is 38.2 Å². The van der Waals surface area contributed by atoms with Crippen LogP contribution < -0.4 is 0 Å². The van der Waals surface area contributed by atoms with Gasteiger partial charge in [-0.1, -0.05) is 24.3 Å². The Morgan fingerprint density at radius 1 is 1.00 bits per heavy atom. The fourth-order valence-electron chi connectivity index (χ4n) is 2.50. The molecule has 0 bridgehead atoms. The van der Waals surface area contributed by atoms with Gasteiger partial charge in [-0.05, 0) is 19.4 Å². The molecule has 0 saturated heterocycles. The minimum atomic E-state index is -2.00. The highest BCUT2D eigenvalue weighted by atomic mass is 16.6. The van der Waals surface area contributed by atoms with Gasteiger partial charge in [-0.15, -0.1) is 0 Å². The molecule has 0 N–H and O–H groups in total. The molecule has 0 aromatic heterocycles. The van der Waals surface area contributed by atoms with Gasteiger partial charge in [0.15, 0.2) is 5.78 Å². The van der Waals surface area contributed by atoms with Gasteiger partial charge in [-0.25, -0.2) is 9.59 Å². The van der Waals surface area contributed by atoms with Crippen LogP contribution in [0.5, 0.6) is 0 Å². The molecule has 0 spiro atoms. The normalized spacial score (nSPS) is 10.7. The molecule has 0 aliphatic rings. The van der Waals surface area contributed by atoms with Crippen molar-refractivity contribution < 1.29 is 33.4 Å². The van der Waals surface area contributed by atoms with Gasteiger partial charge in [0.05, 0.1) is 13.2 Å². The summed E-state index contributed by atoms with van der Waals surface area (Å²) in [5, 5.41) is 0. The average Bonchev–Trinajstić information content (AvgIpc) is 2.65. The van der Waals surface area contributed by atoms with Crippen LogP contribution in [0.15, 0.2) is 24.3 Å². The first-order valence-corrected chi connectivity index (χ1v) is 8.41. The maximum atomic E-state index is 12.6. The summed E-state index contributed by atoms with van der Waals surface area (Å²) in [6.45, 7) is 4.35. The van der Waals surface area contributed by atoms with E-state index in [4.69, 9.17) is 9.47 Å². The number of amides is 1. The second kappa shape index (κ2) is 9.61. The van der Waals surface area contributed by atoms with Crippen LogP contribution in [0.4, 0.5) is 0 Å². The van der Waals surface area contributed by atoms with Crippen LogP contribution in [0.1, 0.15) is 36.7 Å². The molecule has 1 aromatic carbocycles. The van der Waals surface area contributed by atoms with E-state index in [1.807, 2.05) is 0 Å². The highest BCUT2D eigenvalue weighted by Crippen LogP contribution is 2.24. The third-order valence-corrected chi connectivity index (χ3v) is 3.98. The van der Waals surface area contributed by atoms with Crippen LogP contribution in [0.3, 0.4) is 0 Å². The van der Waals surface area contributed by atoms with Crippen molar-refractivity contribution in [3.8, 4) is 0 Å².